The zero-order chi connectivity index (χ0) is 14.4. The molecule has 1 heterocycles. The first-order chi connectivity index (χ1) is 9.01. The molecule has 108 valence electrons. The molecule has 0 aromatic carbocycles. The van der Waals surface area contributed by atoms with Gasteiger partial charge in [0.2, 0.25) is 0 Å². The first-order valence-corrected chi connectivity index (χ1v) is 7.10. The van der Waals surface area contributed by atoms with Crippen LogP contribution in [0.2, 0.25) is 0 Å². The van der Waals surface area contributed by atoms with E-state index in [0.29, 0.717) is 30.0 Å². The van der Waals surface area contributed by atoms with Crippen LogP contribution in [0.15, 0.2) is 12.3 Å². The maximum atomic E-state index is 14.5. The molecule has 3 nitrogen and oxygen atoms in total. The molecule has 0 aliphatic rings. The molecule has 0 saturated carbocycles. The van der Waals surface area contributed by atoms with Crippen LogP contribution in [-0.2, 0) is 6.54 Å². The Bertz CT molecular complexity index is 389. The largest absolute Gasteiger partial charge is 0.354 e. The van der Waals surface area contributed by atoms with Crippen LogP contribution in [0, 0.1) is 5.82 Å². The molecule has 0 unspecified atom stereocenters. The lowest BCUT2D eigenvalue weighted by molar-refractivity contribution is 0.532. The minimum Gasteiger partial charge on any atom is -0.354 e. The van der Waals surface area contributed by atoms with E-state index in [2.05, 4.69) is 38.0 Å². The average molecular weight is 267 g/mol. The van der Waals surface area contributed by atoms with Gasteiger partial charge in [-0.25, -0.2) is 9.37 Å². The van der Waals surface area contributed by atoms with Crippen molar-refractivity contribution in [3.8, 4) is 0 Å². The summed E-state index contributed by atoms with van der Waals surface area (Å²) in [7, 11) is 1.92. The molecule has 1 N–H and O–H groups in total. The van der Waals surface area contributed by atoms with Crippen LogP contribution in [0.3, 0.4) is 0 Å². The number of hydrogen-bond donors (Lipinski definition) is 1. The lowest BCUT2D eigenvalue weighted by atomic mass is 10.1. The summed E-state index contributed by atoms with van der Waals surface area (Å²) in [6.45, 7) is 8.88. The van der Waals surface area contributed by atoms with Gasteiger partial charge in [-0.2, -0.15) is 0 Å². The standard InChI is InChI=1S/C15H26FN3/c1-6-13(7-2)19(5)15-14(16)12(8-9-17-15)10-18-11(3)4/h8-9,11,13,18H,6-7,10H2,1-5H3. The molecular weight excluding hydrogens is 241 g/mol. The van der Waals surface area contributed by atoms with Crippen LogP contribution >= 0.6 is 0 Å². The minimum absolute atomic E-state index is 0.204. The van der Waals surface area contributed by atoms with Crippen molar-refractivity contribution in [2.24, 2.45) is 0 Å². The maximum absolute atomic E-state index is 14.5. The second-order valence-corrected chi connectivity index (χ2v) is 5.22. The highest BCUT2D eigenvalue weighted by Gasteiger charge is 2.18. The number of nitrogens with zero attached hydrogens (tertiary/aromatic N) is 2. The van der Waals surface area contributed by atoms with Crippen LogP contribution < -0.4 is 10.2 Å². The van der Waals surface area contributed by atoms with E-state index >= 15 is 0 Å². The summed E-state index contributed by atoms with van der Waals surface area (Å²) < 4.78 is 14.5. The minimum atomic E-state index is -0.204. The quantitative estimate of drug-likeness (QED) is 0.821. The summed E-state index contributed by atoms with van der Waals surface area (Å²) in [5.74, 6) is 0.252. The highest BCUT2D eigenvalue weighted by molar-refractivity contribution is 5.43. The zero-order valence-electron chi connectivity index (χ0n) is 12.7. The second kappa shape index (κ2) is 7.43. The van der Waals surface area contributed by atoms with Gasteiger partial charge in [0.05, 0.1) is 0 Å². The molecular formula is C15H26FN3. The summed E-state index contributed by atoms with van der Waals surface area (Å²) >= 11 is 0. The molecule has 0 bridgehead atoms. The third-order valence-electron chi connectivity index (χ3n) is 3.48. The average Bonchev–Trinajstić information content (AvgIpc) is 2.38. The van der Waals surface area contributed by atoms with E-state index in [4.69, 9.17) is 0 Å². The highest BCUT2D eigenvalue weighted by atomic mass is 19.1. The Hall–Kier alpha value is -1.16. The SMILES string of the molecule is CCC(CC)N(C)c1nccc(CNC(C)C)c1F. The zero-order valence-corrected chi connectivity index (χ0v) is 12.7. The summed E-state index contributed by atoms with van der Waals surface area (Å²) in [4.78, 5) is 6.16. The first kappa shape index (κ1) is 15.9. The number of nitrogens with one attached hydrogen (secondary N) is 1. The van der Waals surface area contributed by atoms with Crippen LogP contribution in [0.5, 0.6) is 0 Å². The molecule has 0 amide bonds. The van der Waals surface area contributed by atoms with E-state index < -0.39 is 0 Å². The predicted octanol–water partition coefficient (Wildman–Crippen LogP) is 3.34. The second-order valence-electron chi connectivity index (χ2n) is 5.22. The van der Waals surface area contributed by atoms with Crippen molar-refractivity contribution in [2.75, 3.05) is 11.9 Å². The molecule has 0 saturated heterocycles. The van der Waals surface area contributed by atoms with Crippen molar-refractivity contribution < 1.29 is 4.39 Å². The van der Waals surface area contributed by atoms with E-state index in [1.807, 2.05) is 11.9 Å². The van der Waals surface area contributed by atoms with Crippen molar-refractivity contribution in [3.05, 3.63) is 23.6 Å². The normalized spacial score (nSPS) is 11.4. The fourth-order valence-corrected chi connectivity index (χ4v) is 2.18. The molecule has 1 aromatic rings. The van der Waals surface area contributed by atoms with Crippen LogP contribution in [0.4, 0.5) is 10.2 Å². The Morgan fingerprint density at radius 3 is 2.47 bits per heavy atom. The van der Waals surface area contributed by atoms with Crippen LogP contribution in [0.1, 0.15) is 46.1 Å². The number of rotatable bonds is 7. The van der Waals surface area contributed by atoms with E-state index in [0.717, 1.165) is 12.8 Å². The van der Waals surface area contributed by atoms with E-state index in [1.54, 1.807) is 12.3 Å². The van der Waals surface area contributed by atoms with Crippen LogP contribution in [0.25, 0.3) is 0 Å². The molecule has 1 rings (SSSR count). The Morgan fingerprint density at radius 2 is 1.95 bits per heavy atom. The third kappa shape index (κ3) is 4.16. The lowest BCUT2D eigenvalue weighted by Gasteiger charge is -2.28. The summed E-state index contributed by atoms with van der Waals surface area (Å²) in [6, 6.07) is 2.41. The molecule has 0 fully saturated rings. The highest BCUT2D eigenvalue weighted by Crippen LogP contribution is 2.22. The van der Waals surface area contributed by atoms with Gasteiger partial charge in [0, 0.05) is 37.4 Å². The van der Waals surface area contributed by atoms with Gasteiger partial charge in [-0.1, -0.05) is 27.7 Å². The summed E-state index contributed by atoms with van der Waals surface area (Å²) in [5.41, 5.74) is 0.677. The molecule has 19 heavy (non-hydrogen) atoms. The molecule has 4 heteroatoms. The van der Waals surface area contributed by atoms with Gasteiger partial charge in [0.25, 0.3) is 0 Å². The van der Waals surface area contributed by atoms with Gasteiger partial charge < -0.3 is 10.2 Å². The Balaban J connectivity index is 2.93. The Morgan fingerprint density at radius 1 is 1.32 bits per heavy atom. The molecule has 0 radical (unpaired) electrons. The number of hydrogen-bond acceptors (Lipinski definition) is 3. The van der Waals surface area contributed by atoms with Crippen molar-refractivity contribution in [2.45, 2.75) is 59.2 Å². The van der Waals surface area contributed by atoms with Gasteiger partial charge >= 0.3 is 0 Å². The number of anilines is 1. The van der Waals surface area contributed by atoms with Gasteiger partial charge in [-0.05, 0) is 18.9 Å². The van der Waals surface area contributed by atoms with Gasteiger partial charge in [0.1, 0.15) is 0 Å². The monoisotopic (exact) mass is 267 g/mol. The summed E-state index contributed by atoms with van der Waals surface area (Å²) in [6.07, 6.45) is 3.67. The van der Waals surface area contributed by atoms with Crippen molar-refractivity contribution in [1.29, 1.82) is 0 Å². The first-order valence-electron chi connectivity index (χ1n) is 7.10. The summed E-state index contributed by atoms with van der Waals surface area (Å²) in [5, 5.41) is 3.24. The Labute approximate surface area is 116 Å². The third-order valence-corrected chi connectivity index (χ3v) is 3.48. The van der Waals surface area contributed by atoms with Crippen molar-refractivity contribution in [3.63, 3.8) is 0 Å². The van der Waals surface area contributed by atoms with Crippen LogP contribution in [-0.4, -0.2) is 24.1 Å². The Kier molecular flexibility index (Phi) is 6.22. The molecule has 1 aromatic heterocycles. The molecule has 0 aliphatic heterocycles. The molecule has 0 atom stereocenters. The number of aromatic nitrogens is 1. The van der Waals surface area contributed by atoms with Gasteiger partial charge in [-0.3, -0.25) is 0 Å². The number of pyridine rings is 1. The van der Waals surface area contributed by atoms with Gasteiger partial charge in [0.15, 0.2) is 11.6 Å². The maximum Gasteiger partial charge on any atom is 0.170 e. The van der Waals surface area contributed by atoms with E-state index in [-0.39, 0.29) is 5.82 Å². The van der Waals surface area contributed by atoms with Gasteiger partial charge in [-0.15, -0.1) is 0 Å². The lowest BCUT2D eigenvalue weighted by Crippen LogP contribution is -2.32. The van der Waals surface area contributed by atoms with E-state index in [9.17, 15) is 4.39 Å². The molecule has 0 spiro atoms. The number of halogens is 1. The fourth-order valence-electron chi connectivity index (χ4n) is 2.18. The van der Waals surface area contributed by atoms with Crippen molar-refractivity contribution >= 4 is 5.82 Å². The smallest absolute Gasteiger partial charge is 0.170 e. The predicted molar refractivity (Wildman–Crippen MR) is 78.9 cm³/mol. The van der Waals surface area contributed by atoms with Crippen molar-refractivity contribution in [1.82, 2.24) is 10.3 Å². The van der Waals surface area contributed by atoms with E-state index in [1.165, 1.54) is 0 Å². The topological polar surface area (TPSA) is 28.2 Å². The molecule has 0 aliphatic carbocycles. The fraction of sp³-hybridized carbons (Fsp3) is 0.667.